The third-order valence-electron chi connectivity index (χ3n) is 1.33. The lowest BCUT2D eigenvalue weighted by Crippen LogP contribution is -1.99. The average Bonchev–Trinajstić information content (AvgIpc) is 2.01. The Hall–Kier alpha value is -0.0200. The van der Waals surface area contributed by atoms with Crippen LogP contribution in [0.25, 0.3) is 0 Å². The largest absolute Gasteiger partial charge is 0.281 e. The van der Waals surface area contributed by atoms with Crippen molar-refractivity contribution in [1.29, 1.82) is 0 Å². The minimum Gasteiger partial charge on any atom is -0.253 e. The molecule has 0 fully saturated rings. The van der Waals surface area contributed by atoms with Crippen molar-refractivity contribution >= 4 is 42.3 Å². The van der Waals surface area contributed by atoms with Crippen LogP contribution in [0.2, 0.25) is 0 Å². The van der Waals surface area contributed by atoms with Gasteiger partial charge in [0.25, 0.3) is 15.5 Å². The number of hydrogen-bond acceptors (Lipinski definition) is 3. The van der Waals surface area contributed by atoms with Crippen molar-refractivity contribution in [3.05, 3.63) is 21.5 Å². The van der Waals surface area contributed by atoms with Crippen LogP contribution >= 0.6 is 33.3 Å². The van der Waals surface area contributed by atoms with Crippen LogP contribution in [0.5, 0.6) is 0 Å². The van der Waals surface area contributed by atoms with E-state index in [1.807, 2.05) is 0 Å². The maximum absolute atomic E-state index is 12.2. The van der Waals surface area contributed by atoms with E-state index >= 15 is 0 Å². The lowest BCUT2D eigenvalue weighted by Gasteiger charge is -2.02. The maximum Gasteiger partial charge on any atom is 0.281 e. The monoisotopic (exact) mass is 353 g/mol. The molecular formula is C6H3ClF2INO2S. The molecule has 1 rings (SSSR count). The highest BCUT2D eigenvalue weighted by Crippen LogP contribution is 2.25. The van der Waals surface area contributed by atoms with Crippen molar-refractivity contribution in [2.24, 2.45) is 0 Å². The highest BCUT2D eigenvalue weighted by molar-refractivity contribution is 14.1. The molecule has 1 aromatic heterocycles. The number of pyridine rings is 1. The predicted molar refractivity (Wildman–Crippen MR) is 54.9 cm³/mol. The molecule has 8 heteroatoms. The molecule has 1 aromatic rings. The van der Waals surface area contributed by atoms with Crippen molar-refractivity contribution in [3.8, 4) is 0 Å². The van der Waals surface area contributed by atoms with Gasteiger partial charge in [-0.15, -0.1) is 0 Å². The number of aromatic nitrogens is 1. The summed E-state index contributed by atoms with van der Waals surface area (Å²) in [6.45, 7) is 0. The summed E-state index contributed by atoms with van der Waals surface area (Å²) in [6.07, 6.45) is -1.92. The second-order valence-electron chi connectivity index (χ2n) is 2.28. The van der Waals surface area contributed by atoms with Crippen molar-refractivity contribution in [2.45, 2.75) is 11.3 Å². The molecule has 0 bridgehead atoms. The number of hydrogen-bond donors (Lipinski definition) is 0. The molecule has 0 aliphatic carbocycles. The van der Waals surface area contributed by atoms with Gasteiger partial charge in [-0.2, -0.15) is 0 Å². The molecule has 0 radical (unpaired) electrons. The van der Waals surface area contributed by atoms with Gasteiger partial charge in [0.15, 0.2) is 0 Å². The quantitative estimate of drug-likeness (QED) is 0.606. The van der Waals surface area contributed by atoms with E-state index in [1.165, 1.54) is 0 Å². The third-order valence-corrected chi connectivity index (χ3v) is 3.52. The first-order valence-electron chi connectivity index (χ1n) is 3.20. The summed E-state index contributed by atoms with van der Waals surface area (Å²) < 4.78 is 46.1. The van der Waals surface area contributed by atoms with E-state index in [0.717, 1.165) is 12.3 Å². The Labute approximate surface area is 97.0 Å². The Morgan fingerprint density at radius 2 is 2.07 bits per heavy atom. The summed E-state index contributed by atoms with van der Waals surface area (Å²) in [5, 5.41) is 0. The highest BCUT2D eigenvalue weighted by atomic mass is 127. The second-order valence-corrected chi connectivity index (χ2v) is 6.00. The number of rotatable bonds is 2. The SMILES string of the molecule is O=S(=O)(Cl)c1cnc(C(F)F)c(I)c1. The van der Waals surface area contributed by atoms with E-state index in [0.29, 0.717) is 0 Å². The van der Waals surface area contributed by atoms with Crippen LogP contribution in [0.1, 0.15) is 12.1 Å². The molecule has 14 heavy (non-hydrogen) atoms. The van der Waals surface area contributed by atoms with Crippen LogP contribution in [0.4, 0.5) is 8.78 Å². The van der Waals surface area contributed by atoms with Gasteiger partial charge in [-0.05, 0) is 28.7 Å². The molecule has 3 nitrogen and oxygen atoms in total. The maximum atomic E-state index is 12.2. The predicted octanol–water partition coefficient (Wildman–Crippen LogP) is 2.55. The summed E-state index contributed by atoms with van der Waals surface area (Å²) in [5.74, 6) is 0. The highest BCUT2D eigenvalue weighted by Gasteiger charge is 2.17. The van der Waals surface area contributed by atoms with Crippen LogP contribution in [0, 0.1) is 3.57 Å². The van der Waals surface area contributed by atoms with Crippen LogP contribution in [0.3, 0.4) is 0 Å². The minimum absolute atomic E-state index is 0.0688. The van der Waals surface area contributed by atoms with Gasteiger partial charge in [-0.1, -0.05) is 0 Å². The fourth-order valence-electron chi connectivity index (χ4n) is 0.725. The number of alkyl halides is 2. The Kier molecular flexibility index (Phi) is 3.64. The van der Waals surface area contributed by atoms with Gasteiger partial charge >= 0.3 is 0 Å². The zero-order valence-corrected chi connectivity index (χ0v) is 10.1. The summed E-state index contributed by atoms with van der Waals surface area (Å²) in [4.78, 5) is 3.04. The fourth-order valence-corrected chi connectivity index (χ4v) is 2.34. The molecule has 0 aromatic carbocycles. The molecule has 0 N–H and O–H groups in total. The first-order chi connectivity index (χ1) is 6.32. The fraction of sp³-hybridized carbons (Fsp3) is 0.167. The van der Waals surface area contributed by atoms with Crippen molar-refractivity contribution in [3.63, 3.8) is 0 Å². The van der Waals surface area contributed by atoms with Crippen molar-refractivity contribution in [1.82, 2.24) is 4.98 Å². The Bertz CT molecular complexity index is 451. The van der Waals surface area contributed by atoms with Crippen molar-refractivity contribution in [2.75, 3.05) is 0 Å². The van der Waals surface area contributed by atoms with Crippen LogP contribution in [-0.2, 0) is 9.05 Å². The van der Waals surface area contributed by atoms with Gasteiger partial charge in [-0.3, -0.25) is 4.98 Å². The smallest absolute Gasteiger partial charge is 0.253 e. The van der Waals surface area contributed by atoms with Gasteiger partial charge < -0.3 is 0 Å². The van der Waals surface area contributed by atoms with Gasteiger partial charge in [0.05, 0.1) is 0 Å². The zero-order chi connectivity index (χ0) is 10.9. The lowest BCUT2D eigenvalue weighted by atomic mass is 10.4. The van der Waals surface area contributed by atoms with Crippen LogP contribution in [0.15, 0.2) is 17.2 Å². The van der Waals surface area contributed by atoms with E-state index in [9.17, 15) is 17.2 Å². The topological polar surface area (TPSA) is 47.0 Å². The molecule has 0 aliphatic rings. The lowest BCUT2D eigenvalue weighted by molar-refractivity contribution is 0.145. The van der Waals surface area contributed by atoms with Crippen molar-refractivity contribution < 1.29 is 17.2 Å². The zero-order valence-electron chi connectivity index (χ0n) is 6.42. The molecule has 78 valence electrons. The van der Waals surface area contributed by atoms with E-state index in [4.69, 9.17) is 10.7 Å². The Morgan fingerprint density at radius 3 is 2.43 bits per heavy atom. The standard InChI is InChI=1S/C6H3ClF2INO2S/c7-14(12,13)3-1-4(10)5(6(8)9)11-2-3/h1-2,6H. The first kappa shape index (κ1) is 12.1. The summed E-state index contributed by atoms with van der Waals surface area (Å²) in [6, 6.07) is 1.05. The minimum atomic E-state index is -3.91. The second kappa shape index (κ2) is 4.23. The van der Waals surface area contributed by atoms with Crippen LogP contribution < -0.4 is 0 Å². The van der Waals surface area contributed by atoms with Gasteiger partial charge in [0.1, 0.15) is 10.6 Å². The van der Waals surface area contributed by atoms with E-state index in [2.05, 4.69) is 4.98 Å². The molecule has 0 amide bonds. The van der Waals surface area contributed by atoms with Crippen LogP contribution in [-0.4, -0.2) is 13.4 Å². The number of nitrogens with zero attached hydrogens (tertiary/aromatic N) is 1. The molecule has 0 spiro atoms. The molecule has 0 atom stereocenters. The Balaban J connectivity index is 3.27. The molecule has 1 heterocycles. The molecule has 0 aliphatic heterocycles. The average molecular weight is 354 g/mol. The van der Waals surface area contributed by atoms with Gasteiger partial charge in [-0.25, -0.2) is 17.2 Å². The van der Waals surface area contributed by atoms with Gasteiger partial charge in [0, 0.05) is 20.4 Å². The Morgan fingerprint density at radius 1 is 1.50 bits per heavy atom. The molecule has 0 saturated heterocycles. The number of halogens is 4. The molecular weight excluding hydrogens is 350 g/mol. The normalized spacial score (nSPS) is 12.1. The third kappa shape index (κ3) is 2.74. The first-order valence-corrected chi connectivity index (χ1v) is 6.59. The molecule has 0 saturated carbocycles. The van der Waals surface area contributed by atoms with Gasteiger partial charge in [0.2, 0.25) is 0 Å². The summed E-state index contributed by atoms with van der Waals surface area (Å²) in [7, 11) is 1.10. The summed E-state index contributed by atoms with van der Waals surface area (Å²) in [5.41, 5.74) is -0.449. The van der Waals surface area contributed by atoms with E-state index in [-0.39, 0.29) is 8.47 Å². The van der Waals surface area contributed by atoms with E-state index in [1.54, 1.807) is 22.6 Å². The van der Waals surface area contributed by atoms with E-state index < -0.39 is 21.2 Å². The molecule has 0 unspecified atom stereocenters. The summed E-state index contributed by atoms with van der Waals surface area (Å²) >= 11 is 1.58.